The van der Waals surface area contributed by atoms with Crippen molar-refractivity contribution < 1.29 is 8.83 Å². The number of benzene rings is 7. The van der Waals surface area contributed by atoms with Crippen molar-refractivity contribution in [3.8, 4) is 56.4 Å². The molecule has 7 aromatic carbocycles. The molecular weight excluding hydrogens is 651 g/mol. The van der Waals surface area contributed by atoms with E-state index in [9.17, 15) is 0 Å². The number of nitrogens with zero attached hydrogens (tertiary/aromatic N) is 3. The van der Waals surface area contributed by atoms with Crippen LogP contribution in [0.15, 0.2) is 167 Å². The number of hydrogen-bond acceptors (Lipinski definition) is 5. The van der Waals surface area contributed by atoms with Crippen LogP contribution < -0.4 is 0 Å². The fourth-order valence-electron chi connectivity index (χ4n) is 7.69. The molecule has 0 saturated carbocycles. The molecule has 53 heavy (non-hydrogen) atoms. The number of rotatable bonds is 7. The van der Waals surface area contributed by atoms with Crippen LogP contribution >= 0.6 is 0 Å². The Bertz CT molecular complexity index is 2960. The lowest BCUT2D eigenvalue weighted by molar-refractivity contribution is 0.669. The zero-order valence-corrected chi connectivity index (χ0v) is 29.1. The molecule has 0 saturated heterocycles. The molecule has 3 aromatic heterocycles. The lowest BCUT2D eigenvalue weighted by Crippen LogP contribution is -2.01. The van der Waals surface area contributed by atoms with E-state index >= 15 is 0 Å². The quantitative estimate of drug-likeness (QED) is 0.167. The fraction of sp³-hybridized carbons (Fsp3) is 0.0625. The van der Waals surface area contributed by atoms with Crippen LogP contribution in [-0.4, -0.2) is 15.0 Å². The second kappa shape index (κ2) is 12.7. The minimum Gasteiger partial charge on any atom is -0.456 e. The second-order valence-corrected chi connectivity index (χ2v) is 13.4. The van der Waals surface area contributed by atoms with Crippen molar-refractivity contribution >= 4 is 43.9 Å². The van der Waals surface area contributed by atoms with Crippen molar-refractivity contribution in [1.29, 1.82) is 0 Å². The zero-order chi connectivity index (χ0) is 35.3. The molecule has 0 atom stereocenters. The monoisotopic (exact) mass is 683 g/mol. The van der Waals surface area contributed by atoms with Crippen molar-refractivity contribution in [2.24, 2.45) is 0 Å². The first-order valence-electron chi connectivity index (χ1n) is 18.1. The average molecular weight is 684 g/mol. The molecule has 0 unspecified atom stereocenters. The van der Waals surface area contributed by atoms with Gasteiger partial charge in [-0.2, -0.15) is 0 Å². The SMILES string of the molecule is CCCc1ccccc1-c1ccc(-c2nc(-c3ccccc3)nc(-c3c(-c4cccc5oc6ccccc6c45)ccc4oc5ccccc5c34)n2)cc1. The maximum Gasteiger partial charge on any atom is 0.165 e. The number of fused-ring (bicyclic) bond motifs is 6. The molecule has 0 fully saturated rings. The molecule has 10 aromatic rings. The second-order valence-electron chi connectivity index (χ2n) is 13.4. The van der Waals surface area contributed by atoms with Gasteiger partial charge in [0.15, 0.2) is 17.5 Å². The van der Waals surface area contributed by atoms with Gasteiger partial charge < -0.3 is 8.83 Å². The highest BCUT2D eigenvalue weighted by atomic mass is 16.3. The summed E-state index contributed by atoms with van der Waals surface area (Å²) in [5, 5.41) is 4.07. The fourth-order valence-corrected chi connectivity index (χ4v) is 7.69. The summed E-state index contributed by atoms with van der Waals surface area (Å²) in [6.07, 6.45) is 2.13. The molecule has 0 radical (unpaired) electrons. The van der Waals surface area contributed by atoms with E-state index in [4.69, 9.17) is 23.8 Å². The summed E-state index contributed by atoms with van der Waals surface area (Å²) in [6, 6.07) is 54.2. The topological polar surface area (TPSA) is 65.0 Å². The van der Waals surface area contributed by atoms with E-state index in [2.05, 4.69) is 97.9 Å². The average Bonchev–Trinajstić information content (AvgIpc) is 3.80. The van der Waals surface area contributed by atoms with Crippen molar-refractivity contribution in [3.63, 3.8) is 0 Å². The van der Waals surface area contributed by atoms with Crippen LogP contribution in [0.1, 0.15) is 18.9 Å². The van der Waals surface area contributed by atoms with E-state index in [1.165, 1.54) is 16.7 Å². The molecule has 0 amide bonds. The van der Waals surface area contributed by atoms with Crippen LogP contribution in [0.2, 0.25) is 0 Å². The van der Waals surface area contributed by atoms with Crippen LogP contribution in [0.3, 0.4) is 0 Å². The third kappa shape index (κ3) is 5.28. The third-order valence-electron chi connectivity index (χ3n) is 10.1. The van der Waals surface area contributed by atoms with Gasteiger partial charge in [-0.3, -0.25) is 0 Å². The van der Waals surface area contributed by atoms with Crippen LogP contribution in [0.4, 0.5) is 0 Å². The summed E-state index contributed by atoms with van der Waals surface area (Å²) in [7, 11) is 0. The maximum absolute atomic E-state index is 6.47. The van der Waals surface area contributed by atoms with Crippen LogP contribution in [0.25, 0.3) is 100 Å². The van der Waals surface area contributed by atoms with E-state index < -0.39 is 0 Å². The van der Waals surface area contributed by atoms with Gasteiger partial charge in [0, 0.05) is 38.2 Å². The molecule has 5 nitrogen and oxygen atoms in total. The van der Waals surface area contributed by atoms with Crippen molar-refractivity contribution in [2.75, 3.05) is 0 Å². The number of furan rings is 2. The van der Waals surface area contributed by atoms with Gasteiger partial charge >= 0.3 is 0 Å². The van der Waals surface area contributed by atoms with Gasteiger partial charge in [0.05, 0.1) is 0 Å². The number of para-hydroxylation sites is 2. The Kier molecular flexibility index (Phi) is 7.43. The van der Waals surface area contributed by atoms with Crippen molar-refractivity contribution in [1.82, 2.24) is 15.0 Å². The van der Waals surface area contributed by atoms with Gasteiger partial charge in [-0.15, -0.1) is 0 Å². The Morgan fingerprint density at radius 1 is 0.396 bits per heavy atom. The molecule has 0 aliphatic heterocycles. The minimum atomic E-state index is 0.572. The first-order chi connectivity index (χ1) is 26.2. The maximum atomic E-state index is 6.47. The molecule has 3 heterocycles. The molecule has 10 rings (SSSR count). The third-order valence-corrected chi connectivity index (χ3v) is 10.1. The molecule has 0 spiro atoms. The lowest BCUT2D eigenvalue weighted by Gasteiger charge is -2.14. The van der Waals surface area contributed by atoms with Crippen LogP contribution in [0, 0.1) is 0 Å². The lowest BCUT2D eigenvalue weighted by atomic mass is 9.92. The first kappa shape index (κ1) is 30.9. The highest BCUT2D eigenvalue weighted by Gasteiger charge is 2.24. The van der Waals surface area contributed by atoms with Crippen molar-refractivity contribution in [3.05, 3.63) is 163 Å². The van der Waals surface area contributed by atoms with Gasteiger partial charge in [0.25, 0.3) is 0 Å². The largest absolute Gasteiger partial charge is 0.456 e. The first-order valence-corrected chi connectivity index (χ1v) is 18.1. The Hall–Kier alpha value is -6.85. The Labute approximate surface area is 306 Å². The van der Waals surface area contributed by atoms with Crippen molar-refractivity contribution in [2.45, 2.75) is 19.8 Å². The Morgan fingerprint density at radius 3 is 1.68 bits per heavy atom. The van der Waals surface area contributed by atoms with Gasteiger partial charge in [-0.1, -0.05) is 141 Å². The zero-order valence-electron chi connectivity index (χ0n) is 29.1. The molecule has 5 heteroatoms. The Balaban J connectivity index is 1.25. The number of hydrogen-bond donors (Lipinski definition) is 0. The standard InChI is InChI=1S/C48H33N3O2/c1-2-13-30-14-6-7-17-34(30)31-24-26-33(27-25-31)47-49-46(32-15-4-3-5-16-32)50-48(51-47)45-36(28-29-42-44(45)38-19-9-11-22-40(38)53-42)35-20-12-23-41-43(35)37-18-8-10-21-39(37)52-41/h3-12,14-29H,2,13H2,1H3. The normalized spacial score (nSPS) is 11.6. The summed E-state index contributed by atoms with van der Waals surface area (Å²) in [6.45, 7) is 2.22. The minimum absolute atomic E-state index is 0.572. The summed E-state index contributed by atoms with van der Waals surface area (Å²) in [5.74, 6) is 1.78. The molecule has 0 aliphatic rings. The van der Waals surface area contributed by atoms with Gasteiger partial charge in [-0.25, -0.2) is 15.0 Å². The number of aromatic nitrogens is 3. The summed E-state index contributed by atoms with van der Waals surface area (Å²) in [4.78, 5) is 15.7. The van der Waals surface area contributed by atoms with E-state index in [1.807, 2.05) is 66.7 Å². The predicted octanol–water partition coefficient (Wildman–Crippen LogP) is 13.0. The molecule has 252 valence electrons. The van der Waals surface area contributed by atoms with Crippen LogP contribution in [-0.2, 0) is 6.42 Å². The molecular formula is C48H33N3O2. The highest BCUT2D eigenvalue weighted by Crippen LogP contribution is 2.45. The van der Waals surface area contributed by atoms with E-state index in [1.54, 1.807) is 0 Å². The highest BCUT2D eigenvalue weighted by molar-refractivity contribution is 6.19. The van der Waals surface area contributed by atoms with Gasteiger partial charge in [0.2, 0.25) is 0 Å². The number of aryl methyl sites for hydroxylation is 1. The predicted molar refractivity (Wildman–Crippen MR) is 216 cm³/mol. The molecule has 0 N–H and O–H groups in total. The summed E-state index contributed by atoms with van der Waals surface area (Å²) in [5.41, 5.74) is 11.8. The van der Waals surface area contributed by atoms with Gasteiger partial charge in [-0.05, 0) is 64.6 Å². The smallest absolute Gasteiger partial charge is 0.165 e. The van der Waals surface area contributed by atoms with E-state index in [0.717, 1.165) is 84.5 Å². The van der Waals surface area contributed by atoms with Gasteiger partial charge in [0.1, 0.15) is 22.3 Å². The summed E-state index contributed by atoms with van der Waals surface area (Å²) < 4.78 is 12.8. The van der Waals surface area contributed by atoms with Crippen LogP contribution in [0.5, 0.6) is 0 Å². The van der Waals surface area contributed by atoms with E-state index in [0.29, 0.717) is 17.5 Å². The molecule has 0 bridgehead atoms. The summed E-state index contributed by atoms with van der Waals surface area (Å²) >= 11 is 0. The molecule has 0 aliphatic carbocycles. The Morgan fingerprint density at radius 2 is 0.943 bits per heavy atom. The van der Waals surface area contributed by atoms with E-state index in [-0.39, 0.29) is 0 Å².